The highest BCUT2D eigenvalue weighted by atomic mass is 16.3. The molecule has 1 fully saturated rings. The molecule has 214 valence electrons. The largest absolute Gasteiger partial charge is 0.403 e. The van der Waals surface area contributed by atoms with E-state index in [1.807, 2.05) is 0 Å². The lowest BCUT2D eigenvalue weighted by atomic mass is 10.0. The first-order valence-electron chi connectivity index (χ1n) is 12.2. The topological polar surface area (TPSA) is 243 Å². The molecule has 0 aromatic carbocycles. The number of aliphatic hydroxyl groups excluding tert-OH is 1. The first-order valence-corrected chi connectivity index (χ1v) is 12.2. The molecule has 38 heavy (non-hydrogen) atoms. The van der Waals surface area contributed by atoms with Gasteiger partial charge in [0.1, 0.15) is 11.6 Å². The molecule has 0 aromatic heterocycles. The first kappa shape index (κ1) is 32.6. The SMILES string of the molecule is C=CC(=C)C(=O)NCC(=O)N1CC(N(N)/C(=C\N)C(C)(C)O)CC1C(=O)NC(CCCCN)C(O)C(N)=O. The number of carbonyl (C=O) groups is 4. The monoisotopic (exact) mass is 538 g/mol. The van der Waals surface area contributed by atoms with Crippen LogP contribution in [0.5, 0.6) is 0 Å². The van der Waals surface area contributed by atoms with Crippen LogP contribution in [-0.4, -0.2) is 93.2 Å². The van der Waals surface area contributed by atoms with Crippen molar-refractivity contribution >= 4 is 23.6 Å². The van der Waals surface area contributed by atoms with E-state index in [1.165, 1.54) is 29.8 Å². The number of carbonyl (C=O) groups excluding carboxylic acids is 4. The van der Waals surface area contributed by atoms with Crippen molar-refractivity contribution < 1.29 is 29.4 Å². The second-order valence-electron chi connectivity index (χ2n) is 9.63. The molecule has 1 saturated heterocycles. The third-order valence-corrected chi connectivity index (χ3v) is 6.27. The molecule has 12 N–H and O–H groups in total. The van der Waals surface area contributed by atoms with Gasteiger partial charge in [0.15, 0.2) is 6.10 Å². The van der Waals surface area contributed by atoms with E-state index in [1.54, 1.807) is 0 Å². The Hall–Kier alpha value is -3.46. The van der Waals surface area contributed by atoms with E-state index in [9.17, 15) is 29.4 Å². The molecule has 4 atom stereocenters. The van der Waals surface area contributed by atoms with E-state index < -0.39 is 60.0 Å². The number of unbranched alkanes of at least 4 members (excludes halogenated alkanes) is 1. The summed E-state index contributed by atoms with van der Waals surface area (Å²) in [5.41, 5.74) is 15.2. The number of nitrogens with two attached hydrogens (primary N) is 4. The molecule has 14 nitrogen and oxygen atoms in total. The first-order chi connectivity index (χ1) is 17.7. The van der Waals surface area contributed by atoms with Crippen LogP contribution in [0, 0.1) is 0 Å². The lowest BCUT2D eigenvalue weighted by molar-refractivity contribution is -0.139. The zero-order valence-corrected chi connectivity index (χ0v) is 22.1. The highest BCUT2D eigenvalue weighted by Crippen LogP contribution is 2.27. The number of hydrazine groups is 1. The fraction of sp³-hybridized carbons (Fsp3) is 0.583. The summed E-state index contributed by atoms with van der Waals surface area (Å²) in [6.07, 6.45) is 2.06. The van der Waals surface area contributed by atoms with Crippen LogP contribution in [-0.2, 0) is 19.2 Å². The van der Waals surface area contributed by atoms with Gasteiger partial charge in [-0.1, -0.05) is 25.7 Å². The molecule has 0 bridgehead atoms. The molecule has 1 rings (SSSR count). The predicted molar refractivity (Wildman–Crippen MR) is 141 cm³/mol. The molecule has 14 heteroatoms. The molecular formula is C24H42N8O6. The number of hydrogen-bond acceptors (Lipinski definition) is 10. The van der Waals surface area contributed by atoms with Gasteiger partial charge in [-0.2, -0.15) is 0 Å². The quantitative estimate of drug-likeness (QED) is 0.0346. The van der Waals surface area contributed by atoms with Gasteiger partial charge in [-0.15, -0.1) is 0 Å². The Balaban J connectivity index is 3.22. The van der Waals surface area contributed by atoms with Crippen LogP contribution in [0.1, 0.15) is 39.5 Å². The van der Waals surface area contributed by atoms with E-state index in [0.717, 1.165) is 6.20 Å². The molecule has 4 unspecified atom stereocenters. The number of hydrogen-bond donors (Lipinski definition) is 8. The predicted octanol–water partition coefficient (Wildman–Crippen LogP) is -2.98. The number of nitrogens with zero attached hydrogens (tertiary/aromatic N) is 2. The molecule has 0 radical (unpaired) electrons. The Kier molecular flexibility index (Phi) is 12.4. The number of amides is 4. The van der Waals surface area contributed by atoms with Crippen molar-refractivity contribution in [2.75, 3.05) is 19.6 Å². The number of primary amides is 1. The van der Waals surface area contributed by atoms with Crippen molar-refractivity contribution in [1.82, 2.24) is 20.5 Å². The Morgan fingerprint density at radius 1 is 1.26 bits per heavy atom. The maximum absolute atomic E-state index is 13.4. The van der Waals surface area contributed by atoms with Gasteiger partial charge in [-0.05, 0) is 33.2 Å². The Labute approximate surface area is 222 Å². The average molecular weight is 539 g/mol. The van der Waals surface area contributed by atoms with E-state index in [4.69, 9.17) is 23.0 Å². The van der Waals surface area contributed by atoms with E-state index in [0.29, 0.717) is 19.4 Å². The molecule has 0 aliphatic carbocycles. The second kappa shape index (κ2) is 14.5. The molecule has 0 spiro atoms. The Bertz CT molecular complexity index is 931. The number of aliphatic hydroxyl groups is 2. The fourth-order valence-electron chi connectivity index (χ4n) is 4.10. The van der Waals surface area contributed by atoms with E-state index in [2.05, 4.69) is 23.8 Å². The van der Waals surface area contributed by atoms with Crippen LogP contribution in [0.25, 0.3) is 0 Å². The fourth-order valence-corrected chi connectivity index (χ4v) is 4.10. The lowest BCUT2D eigenvalue weighted by Gasteiger charge is -2.34. The van der Waals surface area contributed by atoms with Gasteiger partial charge in [0.2, 0.25) is 17.7 Å². The number of rotatable bonds is 15. The van der Waals surface area contributed by atoms with Gasteiger partial charge < -0.3 is 48.0 Å². The zero-order valence-electron chi connectivity index (χ0n) is 22.1. The number of likely N-dealkylation sites (tertiary alicyclic amines) is 1. The summed E-state index contributed by atoms with van der Waals surface area (Å²) < 4.78 is 0. The summed E-state index contributed by atoms with van der Waals surface area (Å²) in [4.78, 5) is 51.4. The minimum atomic E-state index is -1.66. The van der Waals surface area contributed by atoms with E-state index >= 15 is 0 Å². The van der Waals surface area contributed by atoms with Gasteiger partial charge >= 0.3 is 0 Å². The highest BCUT2D eigenvalue weighted by Gasteiger charge is 2.44. The van der Waals surface area contributed by atoms with Crippen molar-refractivity contribution in [2.45, 2.75) is 69.4 Å². The van der Waals surface area contributed by atoms with Gasteiger partial charge in [0, 0.05) is 24.7 Å². The average Bonchev–Trinajstić information content (AvgIpc) is 3.30. The van der Waals surface area contributed by atoms with Crippen molar-refractivity contribution in [3.8, 4) is 0 Å². The van der Waals surface area contributed by atoms with Crippen molar-refractivity contribution in [1.29, 1.82) is 0 Å². The summed E-state index contributed by atoms with van der Waals surface area (Å²) in [5.74, 6) is 3.37. The van der Waals surface area contributed by atoms with Crippen LogP contribution in [0.2, 0.25) is 0 Å². The zero-order chi connectivity index (χ0) is 29.2. The van der Waals surface area contributed by atoms with Crippen molar-refractivity contribution in [3.63, 3.8) is 0 Å². The third kappa shape index (κ3) is 8.83. The minimum Gasteiger partial charge on any atom is -0.403 e. The van der Waals surface area contributed by atoms with Gasteiger partial charge in [0.25, 0.3) is 5.91 Å². The maximum atomic E-state index is 13.4. The van der Waals surface area contributed by atoms with Gasteiger partial charge in [0.05, 0.1) is 24.3 Å². The Morgan fingerprint density at radius 3 is 2.39 bits per heavy atom. The second-order valence-corrected chi connectivity index (χ2v) is 9.63. The van der Waals surface area contributed by atoms with Crippen LogP contribution in [0.15, 0.2) is 36.7 Å². The standard InChI is InChI=1S/C24H42N8O6/c1-5-14(2)22(36)29-12-19(33)31-13-15(32(28)18(11-26)24(3,4)38)10-17(31)23(37)30-16(8-6-7-9-25)20(34)21(27)35/h5,11,15-17,20,34,38H,1-2,6-10,12-13,25-26,28H2,3-4H3,(H2,27,35)(H,29,36)(H,30,37)/b18-11-. The summed E-state index contributed by atoms with van der Waals surface area (Å²) in [6.45, 7) is 9.82. The lowest BCUT2D eigenvalue weighted by Crippen LogP contribution is -2.55. The molecule has 1 aliphatic rings. The highest BCUT2D eigenvalue weighted by molar-refractivity contribution is 5.98. The molecular weight excluding hydrogens is 496 g/mol. The van der Waals surface area contributed by atoms with Gasteiger partial charge in [-0.25, -0.2) is 5.84 Å². The molecule has 1 heterocycles. The summed E-state index contributed by atoms with van der Waals surface area (Å²) >= 11 is 0. The number of nitrogens with one attached hydrogen (secondary N) is 2. The summed E-state index contributed by atoms with van der Waals surface area (Å²) in [7, 11) is 0. The van der Waals surface area contributed by atoms with Crippen LogP contribution in [0.3, 0.4) is 0 Å². The van der Waals surface area contributed by atoms with Gasteiger partial charge in [-0.3, -0.25) is 19.2 Å². The van der Waals surface area contributed by atoms with Crippen molar-refractivity contribution in [3.05, 3.63) is 36.7 Å². The Morgan fingerprint density at radius 2 is 1.89 bits per heavy atom. The smallest absolute Gasteiger partial charge is 0.251 e. The molecule has 0 saturated carbocycles. The maximum Gasteiger partial charge on any atom is 0.251 e. The normalized spacial score (nSPS) is 19.3. The van der Waals surface area contributed by atoms with Crippen LogP contribution in [0.4, 0.5) is 0 Å². The van der Waals surface area contributed by atoms with Crippen LogP contribution < -0.4 is 33.7 Å². The van der Waals surface area contributed by atoms with Crippen molar-refractivity contribution in [2.24, 2.45) is 23.0 Å². The minimum absolute atomic E-state index is 0.0248. The molecule has 1 aliphatic heterocycles. The summed E-state index contributed by atoms with van der Waals surface area (Å²) in [5, 5.41) is 26.9. The van der Waals surface area contributed by atoms with E-state index in [-0.39, 0.29) is 30.7 Å². The third-order valence-electron chi connectivity index (χ3n) is 6.27. The van der Waals surface area contributed by atoms with Crippen LogP contribution >= 0.6 is 0 Å². The molecule has 4 amide bonds. The summed E-state index contributed by atoms with van der Waals surface area (Å²) in [6, 6.07) is -2.74. The molecule has 0 aromatic rings.